The van der Waals surface area contributed by atoms with Crippen LogP contribution in [0, 0.1) is 0 Å². The maximum absolute atomic E-state index is 11.5. The summed E-state index contributed by atoms with van der Waals surface area (Å²) in [6, 6.07) is 0.239. The highest BCUT2D eigenvalue weighted by atomic mass is 16.5. The Hall–Kier alpha value is -2.16. The van der Waals surface area contributed by atoms with Crippen molar-refractivity contribution in [1.29, 1.82) is 0 Å². The molecule has 0 bridgehead atoms. The predicted octanol–water partition coefficient (Wildman–Crippen LogP) is -0.385. The van der Waals surface area contributed by atoms with Crippen molar-refractivity contribution in [2.45, 2.75) is 20.3 Å². The molecule has 1 saturated heterocycles. The van der Waals surface area contributed by atoms with Gasteiger partial charge in [-0.3, -0.25) is 10.2 Å². The van der Waals surface area contributed by atoms with Gasteiger partial charge in [0.05, 0.1) is 6.61 Å². The summed E-state index contributed by atoms with van der Waals surface area (Å²) in [6.07, 6.45) is 0.862. The van der Waals surface area contributed by atoms with Crippen LogP contribution in [0.1, 0.15) is 20.3 Å². The smallest absolute Gasteiger partial charge is 0.323 e. The summed E-state index contributed by atoms with van der Waals surface area (Å²) in [4.78, 5) is 27.9. The highest BCUT2D eigenvalue weighted by Crippen LogP contribution is 2.16. The SMILES string of the molecule is CCOc1nc(NN)nc(N2CCCN(C(C)=O)CC2)n1. The summed E-state index contributed by atoms with van der Waals surface area (Å²) < 4.78 is 5.32. The number of hydrazine groups is 1. The molecule has 1 aromatic rings. The lowest BCUT2D eigenvalue weighted by Gasteiger charge is -2.21. The van der Waals surface area contributed by atoms with E-state index in [1.54, 1.807) is 6.92 Å². The topological polar surface area (TPSA) is 109 Å². The molecule has 2 heterocycles. The zero-order valence-corrected chi connectivity index (χ0v) is 12.4. The number of nitrogens with one attached hydrogen (secondary N) is 1. The fourth-order valence-corrected chi connectivity index (χ4v) is 2.18. The Kier molecular flexibility index (Phi) is 5.09. The molecule has 21 heavy (non-hydrogen) atoms. The van der Waals surface area contributed by atoms with Crippen molar-refractivity contribution in [3.8, 4) is 6.01 Å². The van der Waals surface area contributed by atoms with Crippen LogP contribution in [0.5, 0.6) is 6.01 Å². The number of ether oxygens (including phenoxy) is 1. The number of anilines is 2. The van der Waals surface area contributed by atoms with Crippen LogP contribution in [0.4, 0.5) is 11.9 Å². The van der Waals surface area contributed by atoms with Gasteiger partial charge >= 0.3 is 6.01 Å². The number of nitrogen functional groups attached to an aromatic ring is 1. The van der Waals surface area contributed by atoms with Crippen molar-refractivity contribution in [2.75, 3.05) is 43.1 Å². The van der Waals surface area contributed by atoms with Gasteiger partial charge in [-0.25, -0.2) is 5.84 Å². The van der Waals surface area contributed by atoms with Crippen LogP contribution in [0.2, 0.25) is 0 Å². The van der Waals surface area contributed by atoms with Gasteiger partial charge in [0.15, 0.2) is 0 Å². The van der Waals surface area contributed by atoms with E-state index in [0.717, 1.165) is 19.5 Å². The predicted molar refractivity (Wildman–Crippen MR) is 77.9 cm³/mol. The van der Waals surface area contributed by atoms with Gasteiger partial charge in [0.1, 0.15) is 0 Å². The van der Waals surface area contributed by atoms with Gasteiger partial charge in [-0.2, -0.15) is 15.0 Å². The minimum absolute atomic E-state index is 0.0896. The minimum atomic E-state index is 0.0896. The van der Waals surface area contributed by atoms with E-state index in [-0.39, 0.29) is 17.9 Å². The summed E-state index contributed by atoms with van der Waals surface area (Å²) in [6.45, 7) is 6.74. The number of nitrogens with zero attached hydrogens (tertiary/aromatic N) is 5. The number of hydrogen-bond acceptors (Lipinski definition) is 8. The molecular formula is C12H21N7O2. The first-order valence-electron chi connectivity index (χ1n) is 7.00. The molecule has 3 N–H and O–H groups in total. The molecule has 9 heteroatoms. The Morgan fingerprint density at radius 1 is 1.29 bits per heavy atom. The molecular weight excluding hydrogens is 274 g/mol. The monoisotopic (exact) mass is 295 g/mol. The van der Waals surface area contributed by atoms with Crippen LogP contribution in [0.25, 0.3) is 0 Å². The number of nitrogens with two attached hydrogens (primary N) is 1. The van der Waals surface area contributed by atoms with Crippen LogP contribution in [-0.4, -0.2) is 58.5 Å². The highest BCUT2D eigenvalue weighted by molar-refractivity contribution is 5.73. The van der Waals surface area contributed by atoms with E-state index in [4.69, 9.17) is 10.6 Å². The first-order valence-corrected chi connectivity index (χ1v) is 7.00. The van der Waals surface area contributed by atoms with E-state index in [0.29, 0.717) is 25.6 Å². The quantitative estimate of drug-likeness (QED) is 0.571. The minimum Gasteiger partial charge on any atom is -0.464 e. The van der Waals surface area contributed by atoms with Gasteiger partial charge < -0.3 is 14.5 Å². The van der Waals surface area contributed by atoms with Crippen molar-refractivity contribution in [3.05, 3.63) is 0 Å². The van der Waals surface area contributed by atoms with Crippen molar-refractivity contribution in [2.24, 2.45) is 5.84 Å². The lowest BCUT2D eigenvalue weighted by atomic mass is 10.4. The Bertz CT molecular complexity index is 496. The molecule has 0 spiro atoms. The van der Waals surface area contributed by atoms with E-state index >= 15 is 0 Å². The molecule has 1 fully saturated rings. The maximum atomic E-state index is 11.5. The van der Waals surface area contributed by atoms with Crippen LogP contribution < -0.4 is 20.9 Å². The Labute approximate surface area is 123 Å². The van der Waals surface area contributed by atoms with Gasteiger partial charge in [-0.1, -0.05) is 0 Å². The Balaban J connectivity index is 2.16. The molecule has 0 aromatic carbocycles. The zero-order chi connectivity index (χ0) is 15.2. The Morgan fingerprint density at radius 3 is 2.76 bits per heavy atom. The first-order chi connectivity index (χ1) is 10.1. The van der Waals surface area contributed by atoms with Crippen LogP contribution >= 0.6 is 0 Å². The van der Waals surface area contributed by atoms with E-state index in [9.17, 15) is 4.79 Å². The number of carbonyl (C=O) groups excluding carboxylic acids is 1. The molecule has 1 aliphatic rings. The Morgan fingerprint density at radius 2 is 2.10 bits per heavy atom. The molecule has 0 aliphatic carbocycles. The van der Waals surface area contributed by atoms with Gasteiger partial charge in [0.2, 0.25) is 17.8 Å². The fraction of sp³-hybridized carbons (Fsp3) is 0.667. The zero-order valence-electron chi connectivity index (χ0n) is 12.4. The molecule has 2 rings (SSSR count). The van der Waals surface area contributed by atoms with Gasteiger partial charge in [-0.15, -0.1) is 0 Å². The summed E-state index contributed by atoms with van der Waals surface area (Å²) in [5, 5.41) is 0. The van der Waals surface area contributed by atoms with E-state index in [1.165, 1.54) is 0 Å². The number of aromatic nitrogens is 3. The molecule has 0 unspecified atom stereocenters. The first kappa shape index (κ1) is 15.2. The molecule has 0 saturated carbocycles. The van der Waals surface area contributed by atoms with Crippen LogP contribution in [0.15, 0.2) is 0 Å². The van der Waals surface area contributed by atoms with Crippen LogP contribution in [-0.2, 0) is 4.79 Å². The van der Waals surface area contributed by atoms with Crippen molar-refractivity contribution < 1.29 is 9.53 Å². The van der Waals surface area contributed by atoms with Crippen LogP contribution in [0.3, 0.4) is 0 Å². The average Bonchev–Trinajstić information content (AvgIpc) is 2.73. The normalized spacial score (nSPS) is 15.6. The van der Waals surface area contributed by atoms with Gasteiger partial charge in [0, 0.05) is 33.1 Å². The largest absolute Gasteiger partial charge is 0.464 e. The van der Waals surface area contributed by atoms with E-state index in [2.05, 4.69) is 20.4 Å². The third-order valence-electron chi connectivity index (χ3n) is 3.23. The third-order valence-corrected chi connectivity index (χ3v) is 3.23. The average molecular weight is 295 g/mol. The van der Waals surface area contributed by atoms with Gasteiger partial charge in [0.25, 0.3) is 0 Å². The number of rotatable bonds is 4. The van der Waals surface area contributed by atoms with Crippen molar-refractivity contribution >= 4 is 17.8 Å². The lowest BCUT2D eigenvalue weighted by molar-refractivity contribution is -0.128. The van der Waals surface area contributed by atoms with Gasteiger partial charge in [-0.05, 0) is 13.3 Å². The number of amides is 1. The molecule has 1 amide bonds. The second-order valence-corrected chi connectivity index (χ2v) is 4.67. The second-order valence-electron chi connectivity index (χ2n) is 4.67. The number of carbonyl (C=O) groups is 1. The van der Waals surface area contributed by atoms with E-state index in [1.807, 2.05) is 16.7 Å². The summed E-state index contributed by atoms with van der Waals surface area (Å²) in [5.41, 5.74) is 2.41. The standard InChI is InChI=1S/C12H21N7O2/c1-3-21-12-15-10(17-13)14-11(16-12)19-6-4-5-18(7-8-19)9(2)20/h3-8,13H2,1-2H3,(H,14,15,16,17). The van der Waals surface area contributed by atoms with Crippen molar-refractivity contribution in [3.63, 3.8) is 0 Å². The molecule has 1 aromatic heterocycles. The van der Waals surface area contributed by atoms with E-state index < -0.39 is 0 Å². The maximum Gasteiger partial charge on any atom is 0.323 e. The second kappa shape index (κ2) is 7.02. The summed E-state index contributed by atoms with van der Waals surface area (Å²) in [7, 11) is 0. The fourth-order valence-electron chi connectivity index (χ4n) is 2.18. The van der Waals surface area contributed by atoms with Crippen molar-refractivity contribution in [1.82, 2.24) is 19.9 Å². The lowest BCUT2D eigenvalue weighted by Crippen LogP contribution is -2.34. The molecule has 0 atom stereocenters. The molecule has 116 valence electrons. The molecule has 9 nitrogen and oxygen atoms in total. The number of hydrogen-bond donors (Lipinski definition) is 2. The third kappa shape index (κ3) is 3.91. The summed E-state index contributed by atoms with van der Waals surface area (Å²) >= 11 is 0. The molecule has 1 aliphatic heterocycles. The highest BCUT2D eigenvalue weighted by Gasteiger charge is 2.20. The molecule has 0 radical (unpaired) electrons. The summed E-state index contributed by atoms with van der Waals surface area (Å²) in [5.74, 6) is 6.23.